The Morgan fingerprint density at radius 2 is 1.72 bits per heavy atom. The molecule has 0 bridgehead atoms. The first-order valence-electron chi connectivity index (χ1n) is 9.16. The number of aromatic nitrogens is 2. The molecule has 6 heteroatoms. The molecule has 0 spiro atoms. The molecule has 0 fully saturated rings. The van der Waals surface area contributed by atoms with E-state index in [1.165, 1.54) is 10.2 Å². The van der Waals surface area contributed by atoms with Crippen LogP contribution in [0.5, 0.6) is 0 Å². The van der Waals surface area contributed by atoms with Crippen molar-refractivity contribution in [1.82, 2.24) is 8.96 Å². The van der Waals surface area contributed by atoms with Crippen LogP contribution in [0.4, 0.5) is 0 Å². The van der Waals surface area contributed by atoms with Gasteiger partial charge in [0.2, 0.25) is 0 Å². The molecule has 1 N–H and O–H groups in total. The summed E-state index contributed by atoms with van der Waals surface area (Å²) in [5, 5.41) is 11.4. The fraction of sp³-hybridized carbons (Fsp3) is 0.0870. The second-order valence-electron chi connectivity index (χ2n) is 6.77. The summed E-state index contributed by atoms with van der Waals surface area (Å²) in [4.78, 5) is 4.40. The minimum absolute atomic E-state index is 0.203. The van der Waals surface area contributed by atoms with Crippen LogP contribution < -0.4 is 0 Å². The lowest BCUT2D eigenvalue weighted by molar-refractivity contribution is 0.231. The van der Waals surface area contributed by atoms with Gasteiger partial charge in [-0.2, -0.15) is 0 Å². The summed E-state index contributed by atoms with van der Waals surface area (Å²) in [5.74, 6) is 0. The Morgan fingerprint density at radius 1 is 1.00 bits per heavy atom. The molecule has 4 aromatic rings. The average molecular weight is 404 g/mol. The maximum atomic E-state index is 13.2. The van der Waals surface area contributed by atoms with Crippen molar-refractivity contribution in [2.24, 2.45) is 0 Å². The predicted molar refractivity (Wildman–Crippen MR) is 114 cm³/mol. The molecule has 5 nitrogen and oxygen atoms in total. The zero-order chi connectivity index (χ0) is 20.4. The van der Waals surface area contributed by atoms with Crippen molar-refractivity contribution in [3.8, 4) is 0 Å². The van der Waals surface area contributed by atoms with Crippen LogP contribution in [0, 0.1) is 6.92 Å². The first-order valence-corrected chi connectivity index (χ1v) is 10.6. The summed E-state index contributed by atoms with van der Waals surface area (Å²) in [6.45, 7) is 1.91. The number of hydrogen-bond acceptors (Lipinski definition) is 4. The quantitative estimate of drug-likeness (QED) is 0.537. The number of hydrogen-bond donors (Lipinski definition) is 1. The highest BCUT2D eigenvalue weighted by molar-refractivity contribution is 7.90. The summed E-state index contributed by atoms with van der Waals surface area (Å²) in [7, 11) is -3.79. The number of rotatable bonds is 5. The standard InChI is InChI=1S/C23H20N2O3S/c1-17-9-12-19(13-10-17)29(27,28)25-16-21(20-7-2-3-8-22(20)25)23(26)14-11-18-6-4-5-15-24-18/h2-16,23,26H,1H3/b14-11+. The molecule has 0 radical (unpaired) electrons. The van der Waals surface area contributed by atoms with Gasteiger partial charge in [0.15, 0.2) is 0 Å². The highest BCUT2D eigenvalue weighted by atomic mass is 32.2. The Bertz CT molecular complexity index is 1270. The summed E-state index contributed by atoms with van der Waals surface area (Å²) < 4.78 is 27.7. The van der Waals surface area contributed by atoms with Crippen molar-refractivity contribution in [2.75, 3.05) is 0 Å². The minimum atomic E-state index is -3.79. The molecule has 0 aliphatic rings. The van der Waals surface area contributed by atoms with Crippen molar-refractivity contribution >= 4 is 27.0 Å². The number of benzene rings is 2. The molecule has 0 amide bonds. The van der Waals surface area contributed by atoms with Crippen LogP contribution in [0.2, 0.25) is 0 Å². The molecule has 29 heavy (non-hydrogen) atoms. The smallest absolute Gasteiger partial charge is 0.268 e. The topological polar surface area (TPSA) is 72.2 Å². The number of aliphatic hydroxyl groups is 1. The lowest BCUT2D eigenvalue weighted by Crippen LogP contribution is -2.11. The van der Waals surface area contributed by atoms with Crippen LogP contribution >= 0.6 is 0 Å². The van der Waals surface area contributed by atoms with Gasteiger partial charge in [-0.05, 0) is 49.4 Å². The van der Waals surface area contributed by atoms with Gasteiger partial charge in [0.25, 0.3) is 10.0 Å². The number of pyridine rings is 1. The predicted octanol–water partition coefficient (Wildman–Crippen LogP) is 4.33. The van der Waals surface area contributed by atoms with Crippen molar-refractivity contribution in [3.05, 3.63) is 102 Å². The number of aliphatic hydroxyl groups excluding tert-OH is 1. The van der Waals surface area contributed by atoms with Crippen LogP contribution in [0.3, 0.4) is 0 Å². The number of aryl methyl sites for hydroxylation is 1. The van der Waals surface area contributed by atoms with Gasteiger partial charge in [0, 0.05) is 23.3 Å². The van der Waals surface area contributed by atoms with E-state index in [0.717, 1.165) is 5.56 Å². The van der Waals surface area contributed by atoms with Crippen molar-refractivity contribution in [1.29, 1.82) is 0 Å². The molecule has 2 heterocycles. The largest absolute Gasteiger partial charge is 0.384 e. The minimum Gasteiger partial charge on any atom is -0.384 e. The van der Waals surface area contributed by atoms with E-state index >= 15 is 0 Å². The zero-order valence-corrected chi connectivity index (χ0v) is 16.6. The third-order valence-electron chi connectivity index (χ3n) is 4.74. The van der Waals surface area contributed by atoms with E-state index in [-0.39, 0.29) is 4.90 Å². The Hall–Kier alpha value is -3.22. The Balaban J connectivity index is 1.79. The van der Waals surface area contributed by atoms with E-state index in [1.54, 1.807) is 54.7 Å². The van der Waals surface area contributed by atoms with Gasteiger partial charge in [-0.3, -0.25) is 4.98 Å². The van der Waals surface area contributed by atoms with Crippen molar-refractivity contribution in [2.45, 2.75) is 17.9 Å². The molecule has 0 aliphatic heterocycles. The molecule has 0 aliphatic carbocycles. The summed E-state index contributed by atoms with van der Waals surface area (Å²) in [6, 6.07) is 19.4. The molecule has 1 unspecified atom stereocenters. The zero-order valence-electron chi connectivity index (χ0n) is 15.8. The molecule has 4 rings (SSSR count). The van der Waals surface area contributed by atoms with Gasteiger partial charge in [-0.1, -0.05) is 42.0 Å². The van der Waals surface area contributed by atoms with E-state index in [2.05, 4.69) is 4.98 Å². The third-order valence-corrected chi connectivity index (χ3v) is 6.43. The molecule has 1 atom stereocenters. The van der Waals surface area contributed by atoms with Gasteiger partial charge in [0.1, 0.15) is 0 Å². The fourth-order valence-corrected chi connectivity index (χ4v) is 4.58. The van der Waals surface area contributed by atoms with Crippen LogP contribution in [0.15, 0.2) is 90.1 Å². The number of para-hydroxylation sites is 1. The van der Waals surface area contributed by atoms with E-state index in [4.69, 9.17) is 0 Å². The van der Waals surface area contributed by atoms with Crippen LogP contribution in [-0.2, 0) is 10.0 Å². The lowest BCUT2D eigenvalue weighted by atomic mass is 10.1. The summed E-state index contributed by atoms with van der Waals surface area (Å²) >= 11 is 0. The number of nitrogens with zero attached hydrogens (tertiary/aromatic N) is 2. The Kier molecular flexibility index (Phi) is 5.05. The molecule has 2 aromatic heterocycles. The second-order valence-corrected chi connectivity index (χ2v) is 8.59. The van der Waals surface area contributed by atoms with E-state index in [1.807, 2.05) is 37.3 Å². The SMILES string of the molecule is Cc1ccc(S(=O)(=O)n2cc(C(O)/C=C/c3ccccn3)c3ccccc32)cc1. The van der Waals surface area contributed by atoms with Gasteiger partial charge in [-0.25, -0.2) is 12.4 Å². The van der Waals surface area contributed by atoms with Gasteiger partial charge in [0.05, 0.1) is 22.2 Å². The normalized spacial score (nSPS) is 13.2. The third kappa shape index (κ3) is 3.72. The molecule has 2 aromatic carbocycles. The average Bonchev–Trinajstić information content (AvgIpc) is 3.14. The van der Waals surface area contributed by atoms with E-state index in [0.29, 0.717) is 22.2 Å². The van der Waals surface area contributed by atoms with Gasteiger partial charge >= 0.3 is 0 Å². The van der Waals surface area contributed by atoms with Crippen molar-refractivity contribution in [3.63, 3.8) is 0 Å². The number of fused-ring (bicyclic) bond motifs is 1. The molecule has 0 saturated heterocycles. The first-order chi connectivity index (χ1) is 14.0. The molecule has 146 valence electrons. The van der Waals surface area contributed by atoms with E-state index in [9.17, 15) is 13.5 Å². The van der Waals surface area contributed by atoms with Crippen LogP contribution in [-0.4, -0.2) is 22.5 Å². The van der Waals surface area contributed by atoms with Gasteiger partial charge in [-0.15, -0.1) is 0 Å². The summed E-state index contributed by atoms with van der Waals surface area (Å²) in [6.07, 6.45) is 5.51. The van der Waals surface area contributed by atoms with Crippen LogP contribution in [0.1, 0.15) is 22.9 Å². The molecular formula is C23H20N2O3S. The molecular weight excluding hydrogens is 384 g/mol. The monoisotopic (exact) mass is 404 g/mol. The maximum absolute atomic E-state index is 13.2. The van der Waals surface area contributed by atoms with Crippen LogP contribution in [0.25, 0.3) is 17.0 Å². The van der Waals surface area contributed by atoms with Gasteiger partial charge < -0.3 is 5.11 Å². The Labute approximate surface area is 169 Å². The van der Waals surface area contributed by atoms with Crippen molar-refractivity contribution < 1.29 is 13.5 Å². The summed E-state index contributed by atoms with van der Waals surface area (Å²) in [5.41, 5.74) is 2.73. The Morgan fingerprint density at radius 3 is 2.45 bits per heavy atom. The first kappa shape index (κ1) is 19.1. The fourth-order valence-electron chi connectivity index (χ4n) is 3.20. The highest BCUT2D eigenvalue weighted by Gasteiger charge is 2.22. The highest BCUT2D eigenvalue weighted by Crippen LogP contribution is 2.30. The van der Waals surface area contributed by atoms with E-state index < -0.39 is 16.1 Å². The lowest BCUT2D eigenvalue weighted by Gasteiger charge is -2.08. The molecule has 0 saturated carbocycles. The second kappa shape index (κ2) is 7.66. The maximum Gasteiger partial charge on any atom is 0.268 e.